The summed E-state index contributed by atoms with van der Waals surface area (Å²) >= 11 is 7.25. The number of alkyl halides is 1. The molecule has 0 aromatic heterocycles. The first-order valence-corrected chi connectivity index (χ1v) is 4.79. The highest BCUT2D eigenvalue weighted by molar-refractivity contribution is 6.43. The molecule has 1 unspecified atom stereocenters. The maximum Gasteiger partial charge on any atom is 0.226 e. The fourth-order valence-corrected chi connectivity index (χ4v) is 1.07. The molecule has 2 radical (unpaired) electrons. The van der Waals surface area contributed by atoms with Gasteiger partial charge in [-0.05, 0) is 6.92 Å². The summed E-state index contributed by atoms with van der Waals surface area (Å²) in [5.41, 5.74) is 0. The first-order valence-electron chi connectivity index (χ1n) is 3.83. The minimum absolute atomic E-state index is 1.15. The van der Waals surface area contributed by atoms with Crippen LogP contribution in [0.15, 0.2) is 0 Å². The van der Waals surface area contributed by atoms with Gasteiger partial charge < -0.3 is 4.74 Å². The van der Waals surface area contributed by atoms with Crippen molar-refractivity contribution in [1.82, 2.24) is 0 Å². The van der Waals surface area contributed by atoms with E-state index >= 15 is 0 Å². The Morgan fingerprint density at radius 2 is 1.25 bits per heavy atom. The molecular formula is C8H3AlClF5O. The monoisotopic (exact) mass is 272 g/mol. The molecule has 0 heterocycles. The Kier molecular flexibility index (Phi) is 3.73. The summed E-state index contributed by atoms with van der Waals surface area (Å²) in [6, 6.07) is 0. The van der Waals surface area contributed by atoms with E-state index in [-0.39, 0.29) is 0 Å². The van der Waals surface area contributed by atoms with Crippen LogP contribution >= 0.6 is 11.6 Å². The van der Waals surface area contributed by atoms with Gasteiger partial charge in [0.25, 0.3) is 0 Å². The molecule has 0 aliphatic carbocycles. The highest BCUT2D eigenvalue weighted by Crippen LogP contribution is 2.31. The fourth-order valence-electron chi connectivity index (χ4n) is 0.874. The van der Waals surface area contributed by atoms with E-state index in [0.29, 0.717) is 0 Å². The molecule has 8 heteroatoms. The van der Waals surface area contributed by atoms with Crippen LogP contribution in [0.3, 0.4) is 0 Å². The van der Waals surface area contributed by atoms with Gasteiger partial charge in [-0.25, -0.2) is 13.2 Å². The van der Waals surface area contributed by atoms with Gasteiger partial charge in [-0.1, -0.05) is 11.6 Å². The van der Waals surface area contributed by atoms with Gasteiger partial charge >= 0.3 is 0 Å². The molecule has 1 atom stereocenters. The zero-order valence-corrected chi connectivity index (χ0v) is 9.66. The Morgan fingerprint density at radius 1 is 0.938 bits per heavy atom. The van der Waals surface area contributed by atoms with E-state index in [1.165, 1.54) is 0 Å². The topological polar surface area (TPSA) is 9.23 Å². The van der Waals surface area contributed by atoms with Crippen molar-refractivity contribution in [3.63, 3.8) is 0 Å². The third-order valence-electron chi connectivity index (χ3n) is 1.47. The number of halogens is 6. The number of rotatable bonds is 2. The molecule has 86 valence electrons. The second-order valence-corrected chi connectivity index (χ2v) is 5.21. The Hall–Kier alpha value is -0.508. The van der Waals surface area contributed by atoms with Crippen LogP contribution in [-0.2, 0) is 0 Å². The summed E-state index contributed by atoms with van der Waals surface area (Å²) in [7, 11) is 0. The molecule has 1 nitrogen and oxygen atoms in total. The standard InChI is InChI=1S/C8H3ClF5O.Al/c1-2(9)15-8-6(13)4(11)3(10)5(12)7(8)14;/h1H3;. The van der Waals surface area contributed by atoms with E-state index in [9.17, 15) is 22.0 Å². The summed E-state index contributed by atoms with van der Waals surface area (Å²) in [4.78, 5) is 0. The predicted molar refractivity (Wildman–Crippen MR) is 46.9 cm³/mol. The molecule has 0 N–H and O–H groups in total. The molecule has 0 saturated carbocycles. The lowest BCUT2D eigenvalue weighted by Gasteiger charge is -2.21. The van der Waals surface area contributed by atoms with E-state index in [1.54, 1.807) is 0 Å². The third kappa shape index (κ3) is 2.59. The summed E-state index contributed by atoms with van der Waals surface area (Å²) in [5, 5.41) is 0. The van der Waals surface area contributed by atoms with E-state index < -0.39 is 38.8 Å². The Balaban J connectivity index is 3.40. The summed E-state index contributed by atoms with van der Waals surface area (Å²) in [6.07, 6.45) is 0. The molecule has 0 fully saturated rings. The highest BCUT2D eigenvalue weighted by atomic mass is 35.5. The molecule has 0 saturated heterocycles. The second-order valence-electron chi connectivity index (χ2n) is 2.99. The minimum Gasteiger partial charge on any atom is -0.485 e. The predicted octanol–water partition coefficient (Wildman–Crippen LogP) is 2.84. The zero-order chi connectivity index (χ0) is 12.7. The van der Waals surface area contributed by atoms with Crippen LogP contribution in [-0.4, -0.2) is 20.2 Å². The summed E-state index contributed by atoms with van der Waals surface area (Å²) in [6.45, 7) is 1.15. The summed E-state index contributed by atoms with van der Waals surface area (Å²) < 4.78 is 66.8. The minimum atomic E-state index is -2.25. The number of benzene rings is 1. The summed E-state index contributed by atoms with van der Waals surface area (Å²) in [5.74, 6) is -12.0. The van der Waals surface area contributed by atoms with Gasteiger partial charge in [0.05, 0.1) is 3.92 Å². The average molecular weight is 273 g/mol. The Labute approximate surface area is 101 Å². The zero-order valence-electron chi connectivity index (χ0n) is 7.75. The smallest absolute Gasteiger partial charge is 0.226 e. The van der Waals surface area contributed by atoms with Gasteiger partial charge in [-0.3, -0.25) is 0 Å². The molecule has 0 aliphatic rings. The van der Waals surface area contributed by atoms with Crippen molar-refractivity contribution >= 4 is 27.9 Å². The van der Waals surface area contributed by atoms with Gasteiger partial charge in [0.15, 0.2) is 5.75 Å². The molecule has 1 aromatic rings. The normalized spacial score (nSPS) is 14.7. The van der Waals surface area contributed by atoms with Crippen molar-refractivity contribution in [2.75, 3.05) is 0 Å². The number of ether oxygens (including phenoxy) is 1. The van der Waals surface area contributed by atoms with Crippen LogP contribution in [0.1, 0.15) is 6.92 Å². The van der Waals surface area contributed by atoms with Crippen LogP contribution in [0.2, 0.25) is 0 Å². The van der Waals surface area contributed by atoms with E-state index in [1.807, 2.05) is 16.3 Å². The van der Waals surface area contributed by atoms with Crippen LogP contribution in [0.25, 0.3) is 0 Å². The lowest BCUT2D eigenvalue weighted by atomic mass is 10.2. The number of hydrogen-bond acceptors (Lipinski definition) is 1. The van der Waals surface area contributed by atoms with E-state index in [4.69, 9.17) is 11.6 Å². The lowest BCUT2D eigenvalue weighted by molar-refractivity contribution is 0.222. The van der Waals surface area contributed by atoms with Gasteiger partial charge in [0.1, 0.15) is 0 Å². The van der Waals surface area contributed by atoms with Crippen molar-refractivity contribution in [2.24, 2.45) is 0 Å². The first kappa shape index (κ1) is 13.6. The van der Waals surface area contributed by atoms with E-state index in [2.05, 4.69) is 4.74 Å². The van der Waals surface area contributed by atoms with Gasteiger partial charge in [-0.15, -0.1) is 0 Å². The Bertz CT molecular complexity index is 402. The molecule has 1 rings (SSSR count). The fraction of sp³-hybridized carbons (Fsp3) is 0.250. The van der Waals surface area contributed by atoms with Crippen LogP contribution in [0.5, 0.6) is 5.75 Å². The average Bonchev–Trinajstić information content (AvgIpc) is 2.17. The van der Waals surface area contributed by atoms with Crippen molar-refractivity contribution in [3.05, 3.63) is 29.1 Å². The maximum atomic E-state index is 13.0. The molecule has 0 bridgehead atoms. The van der Waals surface area contributed by atoms with Gasteiger partial charge in [0, 0.05) is 0 Å². The van der Waals surface area contributed by atoms with Crippen LogP contribution < -0.4 is 4.74 Å². The highest BCUT2D eigenvalue weighted by Gasteiger charge is 2.29. The lowest BCUT2D eigenvalue weighted by Crippen LogP contribution is -2.26. The van der Waals surface area contributed by atoms with Gasteiger partial charge in [-0.2, -0.15) is 8.78 Å². The third-order valence-corrected chi connectivity index (χ3v) is 1.67. The molecule has 16 heavy (non-hydrogen) atoms. The SMILES string of the molecule is C[C]([Al])(Cl)Oc1c(F)c(F)c(F)c(F)c1F. The Morgan fingerprint density at radius 3 is 1.56 bits per heavy atom. The van der Waals surface area contributed by atoms with Crippen molar-refractivity contribution in [1.29, 1.82) is 0 Å². The van der Waals surface area contributed by atoms with Crippen LogP contribution in [0.4, 0.5) is 22.0 Å². The molecule has 0 aliphatic heterocycles. The quantitative estimate of drug-likeness (QED) is 0.264. The largest absolute Gasteiger partial charge is 0.485 e. The van der Waals surface area contributed by atoms with Gasteiger partial charge in [0.2, 0.25) is 45.4 Å². The van der Waals surface area contributed by atoms with Crippen molar-refractivity contribution in [2.45, 2.75) is 10.8 Å². The molecular weight excluding hydrogens is 270 g/mol. The molecule has 0 amide bonds. The van der Waals surface area contributed by atoms with Crippen molar-refractivity contribution in [3.8, 4) is 5.75 Å². The maximum absolute atomic E-state index is 13.0. The molecule has 1 aromatic carbocycles. The van der Waals surface area contributed by atoms with Crippen molar-refractivity contribution < 1.29 is 26.7 Å². The molecule has 0 spiro atoms. The van der Waals surface area contributed by atoms with Crippen LogP contribution in [0, 0.1) is 29.1 Å². The van der Waals surface area contributed by atoms with E-state index in [0.717, 1.165) is 6.92 Å². The second kappa shape index (κ2) is 4.40. The first-order chi connectivity index (χ1) is 7.15. The number of hydrogen-bond donors (Lipinski definition) is 0.